The van der Waals surface area contributed by atoms with E-state index >= 15 is 0 Å². The topological polar surface area (TPSA) is 40.5 Å². The van der Waals surface area contributed by atoms with Gasteiger partial charge >= 0.3 is 5.97 Å². The minimum atomic E-state index is -0.330. The molecule has 4 nitrogen and oxygen atoms in total. The molecule has 0 atom stereocenters. The largest absolute Gasteiger partial charge is 0.495 e. The molecule has 0 spiro atoms. The predicted octanol–water partition coefficient (Wildman–Crippen LogP) is 2.28. The van der Waals surface area contributed by atoms with Gasteiger partial charge in [-0.05, 0) is 18.6 Å². The highest BCUT2D eigenvalue weighted by Gasteiger charge is 2.20. The number of ether oxygens (including phenoxy) is 2. The van der Waals surface area contributed by atoms with E-state index in [1.54, 1.807) is 7.11 Å². The number of aryl methyl sites for hydroxylation is 2. The first kappa shape index (κ1) is 11.5. The highest BCUT2D eigenvalue weighted by Crippen LogP contribution is 2.31. The second-order valence-corrected chi connectivity index (χ2v) is 3.88. The van der Waals surface area contributed by atoms with Gasteiger partial charge in [0.25, 0.3) is 0 Å². The SMILES string of the molecule is COC(=O)c1c(C)c2cccc(OC)c2n1C. The Kier molecular flexibility index (Phi) is 2.79. The zero-order valence-electron chi connectivity index (χ0n) is 10.4. The maximum absolute atomic E-state index is 11.7. The molecule has 0 saturated carbocycles. The van der Waals surface area contributed by atoms with Crippen molar-refractivity contribution in [3.05, 3.63) is 29.5 Å². The summed E-state index contributed by atoms with van der Waals surface area (Å²) in [5.41, 5.74) is 2.38. The minimum absolute atomic E-state index is 0.330. The fourth-order valence-corrected chi connectivity index (χ4v) is 2.21. The second-order valence-electron chi connectivity index (χ2n) is 3.88. The lowest BCUT2D eigenvalue weighted by molar-refractivity contribution is 0.0589. The molecule has 2 aromatic rings. The number of carbonyl (C=O) groups excluding carboxylic acids is 1. The molecule has 0 aliphatic heterocycles. The summed E-state index contributed by atoms with van der Waals surface area (Å²) in [6.45, 7) is 1.91. The zero-order valence-corrected chi connectivity index (χ0v) is 10.4. The Bertz CT molecular complexity index is 584. The molecule has 0 aliphatic rings. The Labute approximate surface area is 99.7 Å². The monoisotopic (exact) mass is 233 g/mol. The van der Waals surface area contributed by atoms with E-state index in [1.807, 2.05) is 36.7 Å². The molecule has 90 valence electrons. The highest BCUT2D eigenvalue weighted by molar-refractivity contribution is 6.00. The third kappa shape index (κ3) is 1.56. The average Bonchev–Trinajstić information content (AvgIpc) is 2.61. The molecular weight excluding hydrogens is 218 g/mol. The van der Waals surface area contributed by atoms with Crippen LogP contribution < -0.4 is 4.74 Å². The summed E-state index contributed by atoms with van der Waals surface area (Å²) in [6.07, 6.45) is 0. The van der Waals surface area contributed by atoms with Crippen LogP contribution in [0.25, 0.3) is 10.9 Å². The number of fused-ring (bicyclic) bond motifs is 1. The van der Waals surface area contributed by atoms with Gasteiger partial charge in [0.2, 0.25) is 0 Å². The number of hydrogen-bond donors (Lipinski definition) is 0. The van der Waals surface area contributed by atoms with Crippen molar-refractivity contribution in [1.29, 1.82) is 0 Å². The van der Waals surface area contributed by atoms with Crippen LogP contribution in [0.5, 0.6) is 5.75 Å². The van der Waals surface area contributed by atoms with Crippen LogP contribution in [0, 0.1) is 6.92 Å². The summed E-state index contributed by atoms with van der Waals surface area (Å²) in [6, 6.07) is 5.76. The van der Waals surface area contributed by atoms with E-state index in [-0.39, 0.29) is 5.97 Å². The number of methoxy groups -OCH3 is 2. The molecule has 1 aromatic carbocycles. The second kappa shape index (κ2) is 4.13. The van der Waals surface area contributed by atoms with Crippen LogP contribution in [-0.4, -0.2) is 24.8 Å². The Morgan fingerprint density at radius 3 is 2.59 bits per heavy atom. The molecular formula is C13H15NO3. The van der Waals surface area contributed by atoms with Gasteiger partial charge in [0.15, 0.2) is 0 Å². The molecule has 0 aliphatic carbocycles. The van der Waals surface area contributed by atoms with Crippen molar-refractivity contribution in [3.63, 3.8) is 0 Å². The average molecular weight is 233 g/mol. The number of para-hydroxylation sites is 1. The smallest absolute Gasteiger partial charge is 0.354 e. The molecule has 1 heterocycles. The van der Waals surface area contributed by atoms with E-state index in [1.165, 1.54) is 7.11 Å². The van der Waals surface area contributed by atoms with Gasteiger partial charge in [0.1, 0.15) is 11.4 Å². The molecule has 0 saturated heterocycles. The number of hydrogen-bond acceptors (Lipinski definition) is 3. The third-order valence-electron chi connectivity index (χ3n) is 3.03. The van der Waals surface area contributed by atoms with Crippen molar-refractivity contribution in [1.82, 2.24) is 4.57 Å². The molecule has 0 unspecified atom stereocenters. The molecule has 17 heavy (non-hydrogen) atoms. The molecule has 2 rings (SSSR count). The zero-order chi connectivity index (χ0) is 12.6. The van der Waals surface area contributed by atoms with Crippen molar-refractivity contribution >= 4 is 16.9 Å². The van der Waals surface area contributed by atoms with Gasteiger partial charge in [-0.1, -0.05) is 12.1 Å². The van der Waals surface area contributed by atoms with Crippen molar-refractivity contribution in [3.8, 4) is 5.75 Å². The quantitative estimate of drug-likeness (QED) is 0.747. The maximum Gasteiger partial charge on any atom is 0.354 e. The summed E-state index contributed by atoms with van der Waals surface area (Å²) in [4.78, 5) is 11.7. The first-order valence-corrected chi connectivity index (χ1v) is 5.32. The highest BCUT2D eigenvalue weighted by atomic mass is 16.5. The minimum Gasteiger partial charge on any atom is -0.495 e. The molecule has 0 N–H and O–H groups in total. The van der Waals surface area contributed by atoms with Gasteiger partial charge in [-0.2, -0.15) is 0 Å². The summed E-state index contributed by atoms with van der Waals surface area (Å²) in [5.74, 6) is 0.423. The van der Waals surface area contributed by atoms with E-state index in [0.29, 0.717) is 5.69 Å². The fraction of sp³-hybridized carbons (Fsp3) is 0.308. The predicted molar refractivity (Wildman–Crippen MR) is 65.5 cm³/mol. The van der Waals surface area contributed by atoms with Crippen molar-refractivity contribution < 1.29 is 14.3 Å². The van der Waals surface area contributed by atoms with E-state index in [4.69, 9.17) is 9.47 Å². The first-order chi connectivity index (χ1) is 8.11. The number of carbonyl (C=O) groups is 1. The van der Waals surface area contributed by atoms with Crippen LogP contribution >= 0.6 is 0 Å². The molecule has 0 amide bonds. The fourth-order valence-electron chi connectivity index (χ4n) is 2.21. The molecule has 0 fully saturated rings. The van der Waals surface area contributed by atoms with Gasteiger partial charge in [-0.25, -0.2) is 4.79 Å². The van der Waals surface area contributed by atoms with Gasteiger partial charge in [0, 0.05) is 12.4 Å². The summed E-state index contributed by atoms with van der Waals surface area (Å²) in [5, 5.41) is 1.01. The Morgan fingerprint density at radius 1 is 1.29 bits per heavy atom. The summed E-state index contributed by atoms with van der Waals surface area (Å²) in [7, 11) is 4.84. The number of aromatic nitrogens is 1. The van der Waals surface area contributed by atoms with Gasteiger partial charge in [-0.3, -0.25) is 0 Å². The van der Waals surface area contributed by atoms with Gasteiger partial charge < -0.3 is 14.0 Å². The molecule has 1 aromatic heterocycles. The molecule has 4 heteroatoms. The summed E-state index contributed by atoms with van der Waals surface area (Å²) >= 11 is 0. The lowest BCUT2D eigenvalue weighted by Crippen LogP contribution is -2.09. The van der Waals surface area contributed by atoms with Crippen molar-refractivity contribution in [2.24, 2.45) is 7.05 Å². The standard InChI is InChI=1S/C13H15NO3/c1-8-9-6-5-7-10(16-3)12(9)14(2)11(8)13(15)17-4/h5-7H,1-4H3. The number of rotatable bonds is 2. The van der Waals surface area contributed by atoms with Crippen molar-refractivity contribution in [2.75, 3.05) is 14.2 Å². The third-order valence-corrected chi connectivity index (χ3v) is 3.03. The molecule has 0 radical (unpaired) electrons. The number of nitrogens with zero attached hydrogens (tertiary/aromatic N) is 1. The van der Waals surface area contributed by atoms with E-state index < -0.39 is 0 Å². The van der Waals surface area contributed by atoms with Crippen LogP contribution in [0.2, 0.25) is 0 Å². The van der Waals surface area contributed by atoms with Crippen LogP contribution in [-0.2, 0) is 11.8 Å². The van der Waals surface area contributed by atoms with E-state index in [2.05, 4.69) is 0 Å². The van der Waals surface area contributed by atoms with Crippen LogP contribution in [0.3, 0.4) is 0 Å². The summed E-state index contributed by atoms with van der Waals surface area (Å²) < 4.78 is 11.9. The van der Waals surface area contributed by atoms with Gasteiger partial charge in [0.05, 0.1) is 19.7 Å². The van der Waals surface area contributed by atoms with Crippen molar-refractivity contribution in [2.45, 2.75) is 6.92 Å². The van der Waals surface area contributed by atoms with E-state index in [0.717, 1.165) is 22.2 Å². The maximum atomic E-state index is 11.7. The molecule has 0 bridgehead atoms. The van der Waals surface area contributed by atoms with Crippen LogP contribution in [0.4, 0.5) is 0 Å². The Morgan fingerprint density at radius 2 is 2.00 bits per heavy atom. The first-order valence-electron chi connectivity index (χ1n) is 5.32. The normalized spacial score (nSPS) is 10.6. The lowest BCUT2D eigenvalue weighted by atomic mass is 10.1. The van der Waals surface area contributed by atoms with E-state index in [9.17, 15) is 4.79 Å². The van der Waals surface area contributed by atoms with Gasteiger partial charge in [-0.15, -0.1) is 0 Å². The van der Waals surface area contributed by atoms with Crippen LogP contribution in [0.1, 0.15) is 16.1 Å². The number of esters is 1. The van der Waals surface area contributed by atoms with Crippen LogP contribution in [0.15, 0.2) is 18.2 Å². The Balaban J connectivity index is 2.85. The lowest BCUT2D eigenvalue weighted by Gasteiger charge is -2.05. The number of benzene rings is 1. The Hall–Kier alpha value is -1.97.